The van der Waals surface area contributed by atoms with E-state index in [0.717, 1.165) is 38.3 Å². The summed E-state index contributed by atoms with van der Waals surface area (Å²) < 4.78 is 3.66. The number of aromatic nitrogens is 4. The lowest BCUT2D eigenvalue weighted by Gasteiger charge is -2.34. The van der Waals surface area contributed by atoms with E-state index in [4.69, 9.17) is 0 Å². The van der Waals surface area contributed by atoms with E-state index < -0.39 is 0 Å². The first-order valence-corrected chi connectivity index (χ1v) is 8.07. The quantitative estimate of drug-likeness (QED) is 0.813. The molecule has 2 aromatic rings. The third-order valence-electron chi connectivity index (χ3n) is 4.21. The van der Waals surface area contributed by atoms with Crippen LogP contribution in [0.15, 0.2) is 24.8 Å². The van der Waals surface area contributed by atoms with Crippen LogP contribution in [0.2, 0.25) is 0 Å². The summed E-state index contributed by atoms with van der Waals surface area (Å²) in [5.74, 6) is 0.221. The Labute approximate surface area is 136 Å². The molecule has 0 spiro atoms. The number of nitrogens with zero attached hydrogens (tertiary/aromatic N) is 6. The van der Waals surface area contributed by atoms with Crippen molar-refractivity contribution in [3.05, 3.63) is 35.9 Å². The standard InChI is InChI=1S/C16H24N6O/c1-14-9-18-22(11-14)4-3-16(23)21-7-5-20(6-8-21)13-15-10-17-19(2)12-15/h9-12H,3-8,13H2,1-2H3. The molecule has 2 aromatic heterocycles. The maximum absolute atomic E-state index is 12.3. The first-order valence-electron chi connectivity index (χ1n) is 8.07. The average molecular weight is 316 g/mol. The Morgan fingerprint density at radius 3 is 2.52 bits per heavy atom. The fourth-order valence-electron chi connectivity index (χ4n) is 2.92. The van der Waals surface area contributed by atoms with E-state index in [2.05, 4.69) is 15.1 Å². The molecule has 0 bridgehead atoms. The van der Waals surface area contributed by atoms with E-state index in [9.17, 15) is 4.79 Å². The SMILES string of the molecule is Cc1cnn(CCC(=O)N2CCN(Cc3cnn(C)c3)CC2)c1. The monoisotopic (exact) mass is 316 g/mol. The minimum absolute atomic E-state index is 0.221. The topological polar surface area (TPSA) is 59.2 Å². The molecule has 1 saturated heterocycles. The summed E-state index contributed by atoms with van der Waals surface area (Å²) in [7, 11) is 1.93. The Kier molecular flexibility index (Phi) is 4.76. The zero-order valence-electron chi connectivity index (χ0n) is 13.9. The van der Waals surface area contributed by atoms with Gasteiger partial charge in [0, 0.05) is 70.7 Å². The van der Waals surface area contributed by atoms with E-state index in [-0.39, 0.29) is 5.91 Å². The molecule has 3 rings (SSSR count). The molecule has 0 unspecified atom stereocenters. The van der Waals surface area contributed by atoms with Crippen LogP contribution < -0.4 is 0 Å². The fraction of sp³-hybridized carbons (Fsp3) is 0.562. The molecule has 0 saturated carbocycles. The number of aryl methyl sites for hydroxylation is 3. The summed E-state index contributed by atoms with van der Waals surface area (Å²) in [6, 6.07) is 0. The zero-order chi connectivity index (χ0) is 16.2. The molecule has 0 atom stereocenters. The fourth-order valence-corrected chi connectivity index (χ4v) is 2.92. The lowest BCUT2D eigenvalue weighted by atomic mass is 10.2. The highest BCUT2D eigenvalue weighted by Crippen LogP contribution is 2.09. The van der Waals surface area contributed by atoms with Crippen LogP contribution in [0.3, 0.4) is 0 Å². The zero-order valence-corrected chi connectivity index (χ0v) is 13.9. The van der Waals surface area contributed by atoms with E-state index >= 15 is 0 Å². The van der Waals surface area contributed by atoms with Crippen LogP contribution in [0.4, 0.5) is 0 Å². The summed E-state index contributed by atoms with van der Waals surface area (Å²) in [6.07, 6.45) is 8.26. The first kappa shape index (κ1) is 15.7. The molecule has 1 aliphatic heterocycles. The Bertz CT molecular complexity index is 653. The molecular formula is C16H24N6O. The van der Waals surface area contributed by atoms with Crippen molar-refractivity contribution in [3.63, 3.8) is 0 Å². The smallest absolute Gasteiger partial charge is 0.224 e. The highest BCUT2D eigenvalue weighted by atomic mass is 16.2. The van der Waals surface area contributed by atoms with Gasteiger partial charge < -0.3 is 4.90 Å². The van der Waals surface area contributed by atoms with Crippen LogP contribution in [-0.2, 0) is 24.9 Å². The Morgan fingerprint density at radius 1 is 1.13 bits per heavy atom. The lowest BCUT2D eigenvalue weighted by molar-refractivity contribution is -0.133. The number of carbonyl (C=O) groups excluding carboxylic acids is 1. The minimum Gasteiger partial charge on any atom is -0.340 e. The molecule has 0 aromatic carbocycles. The van der Waals surface area contributed by atoms with Crippen molar-refractivity contribution in [1.29, 1.82) is 0 Å². The minimum atomic E-state index is 0.221. The summed E-state index contributed by atoms with van der Waals surface area (Å²) in [5, 5.41) is 8.42. The van der Waals surface area contributed by atoms with Crippen molar-refractivity contribution in [2.45, 2.75) is 26.4 Å². The number of rotatable bonds is 5. The van der Waals surface area contributed by atoms with E-state index in [0.29, 0.717) is 13.0 Å². The Balaban J connectivity index is 1.42. The van der Waals surface area contributed by atoms with Gasteiger partial charge in [-0.2, -0.15) is 10.2 Å². The summed E-state index contributed by atoms with van der Waals surface area (Å²) in [5.41, 5.74) is 2.35. The van der Waals surface area contributed by atoms with Crippen LogP contribution in [0.5, 0.6) is 0 Å². The second kappa shape index (κ2) is 6.95. The number of amides is 1. The molecular weight excluding hydrogens is 292 g/mol. The number of piperazine rings is 1. The Hall–Kier alpha value is -2.15. The molecule has 0 N–H and O–H groups in total. The summed E-state index contributed by atoms with van der Waals surface area (Å²) >= 11 is 0. The van der Waals surface area contributed by atoms with Crippen LogP contribution in [0, 0.1) is 6.92 Å². The number of carbonyl (C=O) groups is 1. The van der Waals surface area contributed by atoms with Crippen LogP contribution in [0.25, 0.3) is 0 Å². The first-order chi connectivity index (χ1) is 11.1. The molecule has 7 nitrogen and oxygen atoms in total. The van der Waals surface area contributed by atoms with Crippen LogP contribution in [0.1, 0.15) is 17.5 Å². The van der Waals surface area contributed by atoms with Crippen LogP contribution in [-0.4, -0.2) is 61.4 Å². The molecule has 3 heterocycles. The third-order valence-corrected chi connectivity index (χ3v) is 4.21. The van der Waals surface area contributed by atoms with Gasteiger partial charge in [-0.3, -0.25) is 19.1 Å². The molecule has 1 fully saturated rings. The van der Waals surface area contributed by atoms with Crippen molar-refractivity contribution >= 4 is 5.91 Å². The normalized spacial score (nSPS) is 16.0. The van der Waals surface area contributed by atoms with Crippen molar-refractivity contribution in [2.24, 2.45) is 7.05 Å². The molecule has 1 amide bonds. The second-order valence-corrected chi connectivity index (χ2v) is 6.21. The van der Waals surface area contributed by atoms with Gasteiger partial charge in [-0.1, -0.05) is 0 Å². The molecule has 1 aliphatic rings. The largest absolute Gasteiger partial charge is 0.340 e. The molecule has 7 heteroatoms. The molecule has 0 aliphatic carbocycles. The van der Waals surface area contributed by atoms with Gasteiger partial charge in [0.15, 0.2) is 0 Å². The maximum atomic E-state index is 12.3. The predicted octanol–water partition coefficient (Wildman–Crippen LogP) is 0.660. The van der Waals surface area contributed by atoms with Gasteiger partial charge >= 0.3 is 0 Å². The van der Waals surface area contributed by atoms with Crippen molar-refractivity contribution < 1.29 is 4.79 Å². The van der Waals surface area contributed by atoms with E-state index in [1.807, 2.05) is 53.0 Å². The van der Waals surface area contributed by atoms with E-state index in [1.165, 1.54) is 5.56 Å². The highest BCUT2D eigenvalue weighted by Gasteiger charge is 2.21. The van der Waals surface area contributed by atoms with Gasteiger partial charge in [-0.15, -0.1) is 0 Å². The van der Waals surface area contributed by atoms with Crippen molar-refractivity contribution in [1.82, 2.24) is 29.4 Å². The molecule has 124 valence electrons. The molecule has 0 radical (unpaired) electrons. The van der Waals surface area contributed by atoms with Crippen LogP contribution >= 0.6 is 0 Å². The van der Waals surface area contributed by atoms with Gasteiger partial charge in [-0.25, -0.2) is 0 Å². The summed E-state index contributed by atoms with van der Waals surface area (Å²) in [4.78, 5) is 16.6. The van der Waals surface area contributed by atoms with E-state index in [1.54, 1.807) is 0 Å². The third kappa shape index (κ3) is 4.19. The van der Waals surface area contributed by atoms with Gasteiger partial charge in [0.1, 0.15) is 0 Å². The molecule has 23 heavy (non-hydrogen) atoms. The number of hydrogen-bond acceptors (Lipinski definition) is 4. The summed E-state index contributed by atoms with van der Waals surface area (Å²) in [6.45, 7) is 7.01. The lowest BCUT2D eigenvalue weighted by Crippen LogP contribution is -2.48. The Morgan fingerprint density at radius 2 is 1.91 bits per heavy atom. The highest BCUT2D eigenvalue weighted by molar-refractivity contribution is 5.76. The van der Waals surface area contributed by atoms with Gasteiger partial charge in [0.2, 0.25) is 5.91 Å². The second-order valence-electron chi connectivity index (χ2n) is 6.21. The van der Waals surface area contributed by atoms with Gasteiger partial charge in [0.25, 0.3) is 0 Å². The van der Waals surface area contributed by atoms with Gasteiger partial charge in [-0.05, 0) is 12.5 Å². The van der Waals surface area contributed by atoms with Crippen molar-refractivity contribution in [3.8, 4) is 0 Å². The number of hydrogen-bond donors (Lipinski definition) is 0. The predicted molar refractivity (Wildman–Crippen MR) is 86.6 cm³/mol. The van der Waals surface area contributed by atoms with Gasteiger partial charge in [0.05, 0.1) is 12.4 Å². The average Bonchev–Trinajstić information content (AvgIpc) is 3.14. The van der Waals surface area contributed by atoms with Crippen molar-refractivity contribution in [2.75, 3.05) is 26.2 Å². The maximum Gasteiger partial charge on any atom is 0.224 e.